The predicted octanol–water partition coefficient (Wildman–Crippen LogP) is 3.98. The van der Waals surface area contributed by atoms with Crippen LogP contribution in [0.2, 0.25) is 0 Å². The Balaban J connectivity index is 2.22. The molecule has 1 atom stereocenters. The second kappa shape index (κ2) is 11.6. The van der Waals surface area contributed by atoms with E-state index in [2.05, 4.69) is 33.2 Å². The average Bonchev–Trinajstić information content (AvgIpc) is 2.66. The number of aromatic nitrogens is 2. The zero-order valence-corrected chi connectivity index (χ0v) is 19.1. The fourth-order valence-electron chi connectivity index (χ4n) is 2.90. The summed E-state index contributed by atoms with van der Waals surface area (Å²) in [6, 6.07) is 5.62. The molecule has 154 valence electrons. The first kappa shape index (κ1) is 22.9. The molecule has 0 radical (unpaired) electrons. The van der Waals surface area contributed by atoms with Crippen LogP contribution in [-0.4, -0.2) is 40.5 Å². The van der Waals surface area contributed by atoms with E-state index in [1.165, 1.54) is 11.8 Å². The first-order valence-corrected chi connectivity index (χ1v) is 11.4. The number of fused-ring (bicyclic) bond motifs is 1. The molecule has 0 saturated carbocycles. The summed E-state index contributed by atoms with van der Waals surface area (Å²) in [7, 11) is 0. The molecule has 0 fully saturated rings. The minimum Gasteiger partial charge on any atom is -0.382 e. The average molecular weight is 470 g/mol. The van der Waals surface area contributed by atoms with Crippen LogP contribution < -0.4 is 10.9 Å². The Hall–Kier alpha value is -1.38. The fourth-order valence-corrected chi connectivity index (χ4v) is 4.10. The van der Waals surface area contributed by atoms with Crippen LogP contribution in [0.5, 0.6) is 0 Å². The number of carbonyl (C=O) groups is 1. The number of rotatable bonds is 11. The topological polar surface area (TPSA) is 73.2 Å². The van der Waals surface area contributed by atoms with Gasteiger partial charge in [0.05, 0.1) is 16.7 Å². The maximum atomic E-state index is 13.0. The standard InChI is InChI=1S/C20H28BrN3O3S/c1-4-7-14(3)22-18(25)13-28-20-23-17-9-8-15(21)12-16(17)19(26)24(20)10-6-11-27-5-2/h8-9,12,14H,4-7,10-11,13H2,1-3H3,(H,22,25). The molecule has 2 aromatic rings. The van der Waals surface area contributed by atoms with Crippen LogP contribution in [0, 0.1) is 0 Å². The molecule has 1 unspecified atom stereocenters. The molecule has 28 heavy (non-hydrogen) atoms. The van der Waals surface area contributed by atoms with Crippen molar-refractivity contribution in [1.29, 1.82) is 0 Å². The molecule has 0 aliphatic heterocycles. The number of amides is 1. The van der Waals surface area contributed by atoms with E-state index in [-0.39, 0.29) is 23.3 Å². The molecule has 1 aromatic carbocycles. The number of benzene rings is 1. The Bertz CT molecular complexity index is 856. The number of carbonyl (C=O) groups excluding carboxylic acids is 1. The smallest absolute Gasteiger partial charge is 0.262 e. The van der Waals surface area contributed by atoms with Gasteiger partial charge >= 0.3 is 0 Å². The van der Waals surface area contributed by atoms with Crippen LogP contribution in [0.15, 0.2) is 32.6 Å². The summed E-state index contributed by atoms with van der Waals surface area (Å²) >= 11 is 4.71. The van der Waals surface area contributed by atoms with Gasteiger partial charge in [0.1, 0.15) is 0 Å². The molecule has 2 rings (SSSR count). The van der Waals surface area contributed by atoms with E-state index in [1.54, 1.807) is 10.6 Å². The number of hydrogen-bond donors (Lipinski definition) is 1. The summed E-state index contributed by atoms with van der Waals surface area (Å²) in [6.45, 7) is 7.77. The minimum absolute atomic E-state index is 0.0445. The fraction of sp³-hybridized carbons (Fsp3) is 0.550. The Labute approximate surface area is 178 Å². The lowest BCUT2D eigenvalue weighted by molar-refractivity contribution is -0.119. The molecule has 1 amide bonds. The lowest BCUT2D eigenvalue weighted by Gasteiger charge is -2.15. The zero-order valence-electron chi connectivity index (χ0n) is 16.7. The van der Waals surface area contributed by atoms with Crippen LogP contribution in [0.4, 0.5) is 0 Å². The number of hydrogen-bond acceptors (Lipinski definition) is 5. The third kappa shape index (κ3) is 6.60. The van der Waals surface area contributed by atoms with Gasteiger partial charge in [-0.15, -0.1) is 0 Å². The van der Waals surface area contributed by atoms with Gasteiger partial charge in [-0.05, 0) is 44.9 Å². The number of nitrogens with one attached hydrogen (secondary N) is 1. The number of thioether (sulfide) groups is 1. The van der Waals surface area contributed by atoms with Crippen LogP contribution in [0.25, 0.3) is 10.9 Å². The first-order valence-electron chi connectivity index (χ1n) is 9.66. The van der Waals surface area contributed by atoms with E-state index in [9.17, 15) is 9.59 Å². The van der Waals surface area contributed by atoms with Gasteiger partial charge in [0, 0.05) is 30.3 Å². The van der Waals surface area contributed by atoms with E-state index >= 15 is 0 Å². The van der Waals surface area contributed by atoms with Crippen molar-refractivity contribution in [2.75, 3.05) is 19.0 Å². The molecule has 0 aliphatic rings. The van der Waals surface area contributed by atoms with Crippen molar-refractivity contribution in [2.24, 2.45) is 0 Å². The number of ether oxygens (including phenoxy) is 1. The van der Waals surface area contributed by atoms with Crippen molar-refractivity contribution in [3.8, 4) is 0 Å². The molecule has 0 spiro atoms. The summed E-state index contributed by atoms with van der Waals surface area (Å²) in [6.07, 6.45) is 2.68. The van der Waals surface area contributed by atoms with Crippen molar-refractivity contribution in [3.05, 3.63) is 33.0 Å². The van der Waals surface area contributed by atoms with Crippen LogP contribution >= 0.6 is 27.7 Å². The molecule has 1 aromatic heterocycles. The summed E-state index contributed by atoms with van der Waals surface area (Å²) in [4.78, 5) is 29.9. The first-order chi connectivity index (χ1) is 13.5. The van der Waals surface area contributed by atoms with Crippen LogP contribution in [0.1, 0.15) is 40.0 Å². The van der Waals surface area contributed by atoms with Gasteiger partial charge in [-0.3, -0.25) is 14.2 Å². The van der Waals surface area contributed by atoms with Crippen molar-refractivity contribution in [1.82, 2.24) is 14.9 Å². The van der Waals surface area contributed by atoms with Gasteiger partial charge in [0.15, 0.2) is 5.16 Å². The molecule has 0 bridgehead atoms. The van der Waals surface area contributed by atoms with Gasteiger partial charge in [0.2, 0.25) is 5.91 Å². The van der Waals surface area contributed by atoms with E-state index in [4.69, 9.17) is 4.74 Å². The number of halogens is 1. The second-order valence-corrected chi connectivity index (χ2v) is 8.47. The van der Waals surface area contributed by atoms with Gasteiger partial charge < -0.3 is 10.1 Å². The van der Waals surface area contributed by atoms with Gasteiger partial charge in [-0.2, -0.15) is 0 Å². The van der Waals surface area contributed by atoms with Crippen molar-refractivity contribution in [3.63, 3.8) is 0 Å². The Morgan fingerprint density at radius 3 is 2.89 bits per heavy atom. The maximum absolute atomic E-state index is 13.0. The van der Waals surface area contributed by atoms with Gasteiger partial charge in [-0.25, -0.2) is 4.98 Å². The summed E-state index contributed by atoms with van der Waals surface area (Å²) in [5, 5.41) is 4.12. The molecule has 0 saturated heterocycles. The predicted molar refractivity (Wildman–Crippen MR) is 118 cm³/mol. The third-order valence-electron chi connectivity index (χ3n) is 4.22. The number of nitrogens with zero attached hydrogens (tertiary/aromatic N) is 2. The minimum atomic E-state index is -0.0925. The second-order valence-electron chi connectivity index (χ2n) is 6.61. The third-order valence-corrected chi connectivity index (χ3v) is 5.69. The highest BCUT2D eigenvalue weighted by atomic mass is 79.9. The summed E-state index contributed by atoms with van der Waals surface area (Å²) < 4.78 is 7.88. The lowest BCUT2D eigenvalue weighted by Crippen LogP contribution is -2.34. The molecule has 8 heteroatoms. The Kier molecular flexibility index (Phi) is 9.47. The summed E-state index contributed by atoms with van der Waals surface area (Å²) in [5.74, 6) is 0.186. The SMILES string of the molecule is CCCC(C)NC(=O)CSc1nc2ccc(Br)cc2c(=O)n1CCCOCC. The highest BCUT2D eigenvalue weighted by molar-refractivity contribution is 9.10. The molecule has 1 heterocycles. The van der Waals surface area contributed by atoms with Crippen molar-refractivity contribution < 1.29 is 9.53 Å². The molecule has 0 aliphatic carbocycles. The Morgan fingerprint density at radius 1 is 1.39 bits per heavy atom. The van der Waals surface area contributed by atoms with Crippen molar-refractivity contribution in [2.45, 2.75) is 57.8 Å². The molecule has 6 nitrogen and oxygen atoms in total. The molecular formula is C20H28BrN3O3S. The molecule has 1 N–H and O–H groups in total. The van der Waals surface area contributed by atoms with Gasteiger partial charge in [0.25, 0.3) is 5.56 Å². The summed E-state index contributed by atoms with van der Waals surface area (Å²) in [5.41, 5.74) is 0.543. The van der Waals surface area contributed by atoms with E-state index in [0.29, 0.717) is 42.2 Å². The lowest BCUT2D eigenvalue weighted by atomic mass is 10.2. The highest BCUT2D eigenvalue weighted by Crippen LogP contribution is 2.21. The van der Waals surface area contributed by atoms with Crippen LogP contribution in [-0.2, 0) is 16.1 Å². The highest BCUT2D eigenvalue weighted by Gasteiger charge is 2.14. The quantitative estimate of drug-likeness (QED) is 0.306. The normalized spacial score (nSPS) is 12.3. The van der Waals surface area contributed by atoms with Crippen molar-refractivity contribution >= 4 is 44.5 Å². The van der Waals surface area contributed by atoms with E-state index in [0.717, 1.165) is 17.3 Å². The maximum Gasteiger partial charge on any atom is 0.262 e. The molecular weight excluding hydrogens is 442 g/mol. The van der Waals surface area contributed by atoms with Crippen LogP contribution in [0.3, 0.4) is 0 Å². The largest absolute Gasteiger partial charge is 0.382 e. The van der Waals surface area contributed by atoms with Gasteiger partial charge in [-0.1, -0.05) is 41.0 Å². The van der Waals surface area contributed by atoms with E-state index in [1.807, 2.05) is 26.0 Å². The van der Waals surface area contributed by atoms with E-state index < -0.39 is 0 Å². The Morgan fingerprint density at radius 2 is 2.18 bits per heavy atom. The monoisotopic (exact) mass is 469 g/mol. The zero-order chi connectivity index (χ0) is 20.5.